The van der Waals surface area contributed by atoms with Crippen LogP contribution in [-0.2, 0) is 18.9 Å². The largest absolute Gasteiger partial charge is 0.491 e. The summed E-state index contributed by atoms with van der Waals surface area (Å²) in [6.45, 7) is 1.16. The van der Waals surface area contributed by atoms with Gasteiger partial charge in [-0.3, -0.25) is 9.59 Å². The molecule has 4 heterocycles. The van der Waals surface area contributed by atoms with Crippen LogP contribution in [0.25, 0.3) is 0 Å². The summed E-state index contributed by atoms with van der Waals surface area (Å²) in [5.41, 5.74) is -2.19. The number of amides is 1. The molecule has 2 aliphatic rings. The first-order valence-electron chi connectivity index (χ1n) is 14.1. The smallest absolute Gasteiger partial charge is 0.423 e. The molecule has 240 valence electrons. The van der Waals surface area contributed by atoms with Crippen molar-refractivity contribution in [1.29, 1.82) is 0 Å². The molecule has 1 atom stereocenters. The van der Waals surface area contributed by atoms with Crippen LogP contribution in [0.4, 0.5) is 38.0 Å². The molecule has 4 aromatic rings. The number of fused-ring (bicyclic) bond motifs is 1. The molecule has 0 aliphatic carbocycles. The lowest BCUT2D eigenvalue weighted by molar-refractivity contribution is -0.139. The Hall–Kier alpha value is -5.15. The minimum Gasteiger partial charge on any atom is -0.491 e. The molecule has 2 aromatic carbocycles. The Morgan fingerprint density at radius 3 is 2.33 bits per heavy atom. The van der Waals surface area contributed by atoms with Crippen molar-refractivity contribution in [2.24, 2.45) is 0 Å². The van der Waals surface area contributed by atoms with Gasteiger partial charge in [-0.15, -0.1) is 0 Å². The van der Waals surface area contributed by atoms with Gasteiger partial charge in [0, 0.05) is 50.7 Å². The van der Waals surface area contributed by atoms with E-state index in [-0.39, 0.29) is 43.8 Å². The van der Waals surface area contributed by atoms with Crippen LogP contribution in [0.5, 0.6) is 5.75 Å². The zero-order valence-corrected chi connectivity index (χ0v) is 23.8. The van der Waals surface area contributed by atoms with E-state index in [0.29, 0.717) is 24.4 Å². The Balaban J connectivity index is 1.14. The number of hydrogen-bond acceptors (Lipinski definition) is 8. The summed E-state index contributed by atoms with van der Waals surface area (Å²) >= 11 is 0. The van der Waals surface area contributed by atoms with E-state index in [4.69, 9.17) is 4.74 Å². The highest BCUT2D eigenvalue weighted by Gasteiger charge is 2.42. The summed E-state index contributed by atoms with van der Waals surface area (Å²) in [6, 6.07) is 12.8. The van der Waals surface area contributed by atoms with Crippen molar-refractivity contribution in [3.8, 4) is 5.75 Å². The fourth-order valence-corrected chi connectivity index (χ4v) is 5.60. The highest BCUT2D eigenvalue weighted by atomic mass is 19.4. The summed E-state index contributed by atoms with van der Waals surface area (Å²) in [5, 5.41) is 5.47. The first kappa shape index (κ1) is 30.9. The van der Waals surface area contributed by atoms with E-state index in [9.17, 15) is 35.9 Å². The SMILES string of the molecule is O=C(c1cccc(OCC2c3ccccc3CN2c2cn[nH]c(=O)c2C(F)(F)F)c1)N1CCN(c2ncc(C(F)(F)F)cn2)CC1. The molecule has 1 unspecified atom stereocenters. The topological polar surface area (TPSA) is 108 Å². The van der Waals surface area contributed by atoms with Crippen molar-refractivity contribution < 1.29 is 35.9 Å². The van der Waals surface area contributed by atoms with Crippen LogP contribution in [0.2, 0.25) is 0 Å². The molecule has 46 heavy (non-hydrogen) atoms. The predicted molar refractivity (Wildman–Crippen MR) is 152 cm³/mol. The molecule has 0 spiro atoms. The van der Waals surface area contributed by atoms with E-state index in [1.54, 1.807) is 52.3 Å². The number of alkyl halides is 6. The average molecular weight is 646 g/mol. The normalized spacial score (nSPS) is 16.8. The van der Waals surface area contributed by atoms with Gasteiger partial charge < -0.3 is 19.4 Å². The van der Waals surface area contributed by atoms with Crippen molar-refractivity contribution in [1.82, 2.24) is 25.1 Å². The van der Waals surface area contributed by atoms with E-state index in [0.717, 1.165) is 29.7 Å². The fourth-order valence-electron chi connectivity index (χ4n) is 5.60. The molecule has 2 aromatic heterocycles. The van der Waals surface area contributed by atoms with Crippen LogP contribution < -0.4 is 20.1 Å². The summed E-state index contributed by atoms with van der Waals surface area (Å²) in [7, 11) is 0. The van der Waals surface area contributed by atoms with Gasteiger partial charge in [-0.1, -0.05) is 30.3 Å². The zero-order chi connectivity index (χ0) is 32.6. The number of benzene rings is 2. The number of carbonyl (C=O) groups excluding carboxylic acids is 1. The van der Waals surface area contributed by atoms with Crippen LogP contribution in [0.15, 0.2) is 71.9 Å². The summed E-state index contributed by atoms with van der Waals surface area (Å²) in [4.78, 5) is 37.9. The molecule has 2 aliphatic heterocycles. The van der Waals surface area contributed by atoms with Gasteiger partial charge in [0.2, 0.25) is 5.95 Å². The maximum atomic E-state index is 13.9. The van der Waals surface area contributed by atoms with Gasteiger partial charge in [0.05, 0.1) is 23.5 Å². The lowest BCUT2D eigenvalue weighted by atomic mass is 10.1. The van der Waals surface area contributed by atoms with Crippen molar-refractivity contribution >= 4 is 17.5 Å². The number of piperazine rings is 1. The van der Waals surface area contributed by atoms with Crippen LogP contribution >= 0.6 is 0 Å². The Morgan fingerprint density at radius 2 is 1.63 bits per heavy atom. The molecule has 6 rings (SSSR count). The Bertz CT molecular complexity index is 1790. The Morgan fingerprint density at radius 1 is 0.913 bits per heavy atom. The zero-order valence-electron chi connectivity index (χ0n) is 23.8. The monoisotopic (exact) mass is 645 g/mol. The average Bonchev–Trinajstić information content (AvgIpc) is 3.41. The molecule has 0 bridgehead atoms. The van der Waals surface area contributed by atoms with Gasteiger partial charge in [0.15, 0.2) is 0 Å². The Labute approximate surface area is 257 Å². The maximum absolute atomic E-state index is 13.9. The Kier molecular flexibility index (Phi) is 8.04. The number of aromatic amines is 1. The number of carbonyl (C=O) groups is 1. The van der Waals surface area contributed by atoms with Crippen molar-refractivity contribution in [3.05, 3.63) is 105 Å². The highest BCUT2D eigenvalue weighted by molar-refractivity contribution is 5.94. The van der Waals surface area contributed by atoms with Gasteiger partial charge in [-0.2, -0.15) is 31.4 Å². The van der Waals surface area contributed by atoms with Gasteiger partial charge in [0.25, 0.3) is 11.5 Å². The number of H-pyrrole nitrogens is 1. The number of nitrogens with one attached hydrogen (secondary N) is 1. The standard InChI is InChI=1S/C30H25F6N7O3/c31-29(32,33)20-13-37-28(38-14-20)42-10-8-41(9-11-42)27(45)18-5-3-6-21(12-18)46-17-24-22-7-2-1-4-19(22)16-43(24)23-15-39-40-26(44)25(23)30(34,35)36/h1-7,12-15,24H,8-11,16-17H2,(H,40,44). The molecular weight excluding hydrogens is 620 g/mol. The molecule has 1 amide bonds. The summed E-state index contributed by atoms with van der Waals surface area (Å²) < 4.78 is 86.3. The second kappa shape index (κ2) is 12.0. The quantitative estimate of drug-likeness (QED) is 0.301. The molecule has 1 saturated heterocycles. The highest BCUT2D eigenvalue weighted by Crippen LogP contribution is 2.42. The number of anilines is 2. The second-order valence-corrected chi connectivity index (χ2v) is 10.7. The molecule has 1 N–H and O–H groups in total. The molecule has 0 radical (unpaired) electrons. The first-order valence-corrected chi connectivity index (χ1v) is 14.1. The van der Waals surface area contributed by atoms with E-state index in [1.165, 1.54) is 11.0 Å². The van der Waals surface area contributed by atoms with Gasteiger partial charge in [-0.05, 0) is 29.3 Å². The maximum Gasteiger partial charge on any atom is 0.423 e. The third-order valence-electron chi connectivity index (χ3n) is 7.86. The van der Waals surface area contributed by atoms with Gasteiger partial charge in [-0.25, -0.2) is 15.1 Å². The predicted octanol–water partition coefficient (Wildman–Crippen LogP) is 4.70. The molecule has 16 heteroatoms. The number of ether oxygens (including phenoxy) is 1. The summed E-state index contributed by atoms with van der Waals surface area (Å²) in [5.74, 6) is 0.152. The van der Waals surface area contributed by atoms with E-state index in [2.05, 4.69) is 15.1 Å². The minimum absolute atomic E-state index is 0.0927. The molecule has 1 fully saturated rings. The molecule has 10 nitrogen and oxygen atoms in total. The van der Waals surface area contributed by atoms with Crippen LogP contribution in [0, 0.1) is 0 Å². The lowest BCUT2D eigenvalue weighted by Crippen LogP contribution is -2.49. The van der Waals surface area contributed by atoms with Crippen LogP contribution in [0.3, 0.4) is 0 Å². The van der Waals surface area contributed by atoms with Crippen molar-refractivity contribution in [2.45, 2.75) is 24.9 Å². The van der Waals surface area contributed by atoms with Crippen LogP contribution in [0.1, 0.15) is 38.7 Å². The van der Waals surface area contributed by atoms with E-state index in [1.807, 2.05) is 5.10 Å². The number of rotatable bonds is 6. The number of aromatic nitrogens is 4. The number of nitrogens with zero attached hydrogens (tertiary/aromatic N) is 6. The number of halogens is 6. The lowest BCUT2D eigenvalue weighted by Gasteiger charge is -2.34. The summed E-state index contributed by atoms with van der Waals surface area (Å²) in [6.07, 6.45) is -7.04. The third-order valence-corrected chi connectivity index (χ3v) is 7.86. The molecular formula is C30H25F6N7O3. The first-order chi connectivity index (χ1) is 21.9. The minimum atomic E-state index is -4.92. The van der Waals surface area contributed by atoms with Crippen molar-refractivity contribution in [3.63, 3.8) is 0 Å². The molecule has 0 saturated carbocycles. The third kappa shape index (κ3) is 6.19. The van der Waals surface area contributed by atoms with Crippen molar-refractivity contribution in [2.75, 3.05) is 42.6 Å². The van der Waals surface area contributed by atoms with E-state index >= 15 is 0 Å². The van der Waals surface area contributed by atoms with Crippen LogP contribution in [-0.4, -0.2) is 63.8 Å². The second-order valence-electron chi connectivity index (χ2n) is 10.7. The fraction of sp³-hybridized carbons (Fsp3) is 0.300. The van der Waals surface area contributed by atoms with Gasteiger partial charge >= 0.3 is 12.4 Å². The number of hydrogen-bond donors (Lipinski definition) is 1. The van der Waals surface area contributed by atoms with Gasteiger partial charge in [0.1, 0.15) is 17.9 Å². The van der Waals surface area contributed by atoms with E-state index < -0.39 is 35.1 Å².